The minimum absolute atomic E-state index is 0.153. The van der Waals surface area contributed by atoms with E-state index in [1.165, 1.54) is 23.1 Å². The first-order chi connectivity index (χ1) is 17.5. The van der Waals surface area contributed by atoms with Crippen LogP contribution in [0.5, 0.6) is 11.5 Å². The van der Waals surface area contributed by atoms with E-state index in [4.69, 9.17) is 9.47 Å². The van der Waals surface area contributed by atoms with Gasteiger partial charge >= 0.3 is 0 Å². The monoisotopic (exact) mass is 519 g/mol. The fraction of sp³-hybridized carbons (Fsp3) is 0.148. The van der Waals surface area contributed by atoms with Crippen molar-refractivity contribution in [2.45, 2.75) is 11.8 Å². The maximum Gasteiger partial charge on any atom is 0.255 e. The van der Waals surface area contributed by atoms with Crippen molar-refractivity contribution >= 4 is 45.7 Å². The zero-order chi connectivity index (χ0) is 25.3. The van der Waals surface area contributed by atoms with Crippen molar-refractivity contribution in [1.82, 2.24) is 4.98 Å². The summed E-state index contributed by atoms with van der Waals surface area (Å²) in [6.45, 7) is 2.56. The van der Waals surface area contributed by atoms with Crippen LogP contribution in [0.1, 0.15) is 17.3 Å². The zero-order valence-corrected chi connectivity index (χ0v) is 21.4. The number of ether oxygens (including phenoxy) is 2. The van der Waals surface area contributed by atoms with Crippen LogP contribution in [0.3, 0.4) is 0 Å². The number of amides is 2. The van der Waals surface area contributed by atoms with Gasteiger partial charge < -0.3 is 20.1 Å². The van der Waals surface area contributed by atoms with Gasteiger partial charge in [-0.3, -0.25) is 9.59 Å². The van der Waals surface area contributed by atoms with E-state index in [2.05, 4.69) is 15.6 Å². The number of hydrogen-bond donors (Lipinski definition) is 2. The van der Waals surface area contributed by atoms with Gasteiger partial charge in [0.05, 0.1) is 25.2 Å². The Labute approximate surface area is 217 Å². The van der Waals surface area contributed by atoms with Crippen LogP contribution in [-0.4, -0.2) is 36.3 Å². The van der Waals surface area contributed by atoms with Crippen molar-refractivity contribution in [3.05, 3.63) is 83.7 Å². The summed E-state index contributed by atoms with van der Waals surface area (Å²) in [7, 11) is 1.58. The highest BCUT2D eigenvalue weighted by atomic mass is 32.2. The molecule has 0 aliphatic carbocycles. The minimum Gasteiger partial charge on any atom is -0.497 e. The van der Waals surface area contributed by atoms with Crippen LogP contribution in [0.4, 0.5) is 10.8 Å². The normalized spacial score (nSPS) is 10.5. The Hall–Kier alpha value is -3.82. The third kappa shape index (κ3) is 6.87. The molecular weight excluding hydrogens is 494 g/mol. The second kappa shape index (κ2) is 12.2. The molecule has 7 nitrogen and oxygen atoms in total. The number of thioether (sulfide) groups is 1. The van der Waals surface area contributed by atoms with Crippen LogP contribution in [0, 0.1) is 0 Å². The summed E-state index contributed by atoms with van der Waals surface area (Å²) >= 11 is 2.76. The van der Waals surface area contributed by atoms with Gasteiger partial charge in [0.1, 0.15) is 11.5 Å². The van der Waals surface area contributed by atoms with Crippen molar-refractivity contribution in [3.8, 4) is 22.8 Å². The molecule has 0 unspecified atom stereocenters. The molecule has 0 saturated carbocycles. The maximum absolute atomic E-state index is 12.5. The number of nitrogens with zero attached hydrogens (tertiary/aromatic N) is 1. The van der Waals surface area contributed by atoms with Crippen molar-refractivity contribution < 1.29 is 19.1 Å². The first-order valence-electron chi connectivity index (χ1n) is 11.2. The highest BCUT2D eigenvalue weighted by molar-refractivity contribution is 8.00. The van der Waals surface area contributed by atoms with Crippen molar-refractivity contribution in [2.24, 2.45) is 0 Å². The van der Waals surface area contributed by atoms with Gasteiger partial charge in [-0.05, 0) is 73.7 Å². The van der Waals surface area contributed by atoms with E-state index in [1.54, 1.807) is 31.4 Å². The molecule has 0 spiro atoms. The highest BCUT2D eigenvalue weighted by Gasteiger charge is 2.11. The smallest absolute Gasteiger partial charge is 0.255 e. The molecule has 1 heterocycles. The lowest BCUT2D eigenvalue weighted by atomic mass is 10.2. The van der Waals surface area contributed by atoms with Gasteiger partial charge in [-0.25, -0.2) is 4.98 Å². The molecule has 0 fully saturated rings. The minimum atomic E-state index is -0.218. The lowest BCUT2D eigenvalue weighted by Crippen LogP contribution is -2.14. The first-order valence-corrected chi connectivity index (χ1v) is 13.1. The Morgan fingerprint density at radius 2 is 1.72 bits per heavy atom. The van der Waals surface area contributed by atoms with E-state index in [0.29, 0.717) is 28.7 Å². The Balaban J connectivity index is 1.29. The summed E-state index contributed by atoms with van der Waals surface area (Å²) in [5, 5.41) is 8.19. The highest BCUT2D eigenvalue weighted by Crippen LogP contribution is 2.27. The molecule has 9 heteroatoms. The average Bonchev–Trinajstić information content (AvgIpc) is 3.37. The number of hydrogen-bond acceptors (Lipinski definition) is 7. The molecular formula is C27H25N3O4S2. The van der Waals surface area contributed by atoms with Gasteiger partial charge in [0.2, 0.25) is 5.91 Å². The Bertz CT molecular complexity index is 1320. The van der Waals surface area contributed by atoms with Gasteiger partial charge in [-0.15, -0.1) is 23.1 Å². The van der Waals surface area contributed by atoms with Crippen LogP contribution in [0.2, 0.25) is 0 Å². The summed E-state index contributed by atoms with van der Waals surface area (Å²) < 4.78 is 10.6. The second-order valence-electron chi connectivity index (χ2n) is 7.54. The number of nitrogens with one attached hydrogen (secondary N) is 2. The Morgan fingerprint density at radius 1 is 0.972 bits per heavy atom. The van der Waals surface area contributed by atoms with Crippen LogP contribution in [-0.2, 0) is 4.79 Å². The largest absolute Gasteiger partial charge is 0.497 e. The molecule has 3 aromatic carbocycles. The Kier molecular flexibility index (Phi) is 8.59. The molecule has 0 radical (unpaired) electrons. The van der Waals surface area contributed by atoms with E-state index < -0.39 is 0 Å². The van der Waals surface area contributed by atoms with Crippen LogP contribution < -0.4 is 20.1 Å². The number of rotatable bonds is 10. The third-order valence-electron chi connectivity index (χ3n) is 5.03. The standard InChI is InChI=1S/C27H25N3O4S2/c1-3-34-22-13-7-18(8-14-22)24-16-36-27(29-24)30-25(31)17-35-23-6-4-5-20(15-23)28-26(32)19-9-11-21(33-2)12-10-19/h4-16H,3,17H2,1-2H3,(H,28,32)(H,29,30,31). The fourth-order valence-corrected chi connectivity index (χ4v) is 4.76. The topological polar surface area (TPSA) is 89.6 Å². The SMILES string of the molecule is CCOc1ccc(-c2csc(NC(=O)CSc3cccc(NC(=O)c4ccc(OC)cc4)c3)n2)cc1. The molecule has 1 aromatic heterocycles. The molecule has 36 heavy (non-hydrogen) atoms. The average molecular weight is 520 g/mol. The summed E-state index contributed by atoms with van der Waals surface area (Å²) in [5.74, 6) is 1.35. The molecule has 0 atom stereocenters. The van der Waals surface area contributed by atoms with Crippen LogP contribution in [0.15, 0.2) is 83.1 Å². The van der Waals surface area contributed by atoms with E-state index in [-0.39, 0.29) is 17.6 Å². The number of thiazole rings is 1. The summed E-state index contributed by atoms with van der Waals surface area (Å²) in [5.41, 5.74) is 2.94. The first kappa shape index (κ1) is 25.3. The summed E-state index contributed by atoms with van der Waals surface area (Å²) in [6.07, 6.45) is 0. The maximum atomic E-state index is 12.5. The predicted molar refractivity (Wildman–Crippen MR) is 145 cm³/mol. The second-order valence-corrected chi connectivity index (χ2v) is 9.45. The summed E-state index contributed by atoms with van der Waals surface area (Å²) in [6, 6.07) is 22.0. The number of carbonyl (C=O) groups excluding carboxylic acids is 2. The number of anilines is 2. The van der Waals surface area contributed by atoms with Crippen molar-refractivity contribution in [2.75, 3.05) is 30.1 Å². The summed E-state index contributed by atoms with van der Waals surface area (Å²) in [4.78, 5) is 30.4. The van der Waals surface area contributed by atoms with Gasteiger partial charge in [0.25, 0.3) is 5.91 Å². The molecule has 0 aliphatic heterocycles. The molecule has 2 amide bonds. The van der Waals surface area contributed by atoms with Crippen LogP contribution >= 0.6 is 23.1 Å². The quantitative estimate of drug-likeness (QED) is 0.243. The van der Waals surface area contributed by atoms with Gasteiger partial charge in [-0.2, -0.15) is 0 Å². The number of carbonyl (C=O) groups is 2. The molecule has 4 rings (SSSR count). The molecule has 0 saturated heterocycles. The van der Waals surface area contributed by atoms with E-state index >= 15 is 0 Å². The molecule has 0 aliphatic rings. The van der Waals surface area contributed by atoms with Crippen LogP contribution in [0.25, 0.3) is 11.3 Å². The number of aromatic nitrogens is 1. The van der Waals surface area contributed by atoms with Gasteiger partial charge in [0.15, 0.2) is 5.13 Å². The van der Waals surface area contributed by atoms with E-state index in [0.717, 1.165) is 21.9 Å². The van der Waals surface area contributed by atoms with Crippen molar-refractivity contribution in [3.63, 3.8) is 0 Å². The van der Waals surface area contributed by atoms with Gasteiger partial charge in [-0.1, -0.05) is 6.07 Å². The zero-order valence-electron chi connectivity index (χ0n) is 19.8. The lowest BCUT2D eigenvalue weighted by molar-refractivity contribution is -0.113. The molecule has 184 valence electrons. The lowest BCUT2D eigenvalue weighted by Gasteiger charge is -2.08. The molecule has 2 N–H and O–H groups in total. The van der Waals surface area contributed by atoms with E-state index in [1.807, 2.05) is 60.8 Å². The molecule has 4 aromatic rings. The van der Waals surface area contributed by atoms with E-state index in [9.17, 15) is 9.59 Å². The predicted octanol–water partition coefficient (Wildman–Crippen LogP) is 6.20. The van der Waals surface area contributed by atoms with Gasteiger partial charge in [0, 0.05) is 27.1 Å². The number of benzene rings is 3. The van der Waals surface area contributed by atoms with Crippen molar-refractivity contribution in [1.29, 1.82) is 0 Å². The number of methoxy groups -OCH3 is 1. The Morgan fingerprint density at radius 3 is 2.44 bits per heavy atom. The molecule has 0 bridgehead atoms. The fourth-order valence-electron chi connectivity index (χ4n) is 3.27. The third-order valence-corrected chi connectivity index (χ3v) is 6.78.